The molecule has 0 unspecified atom stereocenters. The molecule has 0 saturated heterocycles. The van der Waals surface area contributed by atoms with Crippen LogP contribution in [0.3, 0.4) is 0 Å². The molecule has 1 heterocycles. The van der Waals surface area contributed by atoms with Crippen molar-refractivity contribution >= 4 is 17.3 Å². The molecular weight excluding hydrogens is 661 g/mol. The van der Waals surface area contributed by atoms with Gasteiger partial charge in [0.15, 0.2) is 5.01 Å². The molecule has 3 fully saturated rings. The third-order valence-corrected chi connectivity index (χ3v) is 12.8. The van der Waals surface area contributed by atoms with Crippen molar-refractivity contribution in [2.45, 2.75) is 194 Å². The minimum absolute atomic E-state index is 0.0128. The average molecular weight is 739 g/mol. The zero-order valence-corrected chi connectivity index (χ0v) is 34.7. The van der Waals surface area contributed by atoms with Gasteiger partial charge in [-0.05, 0) is 113 Å². The monoisotopic (exact) mass is 739 g/mol. The lowest BCUT2D eigenvalue weighted by molar-refractivity contribution is -0.145. The number of ether oxygens (including phenoxy) is 2. The second-order valence-electron chi connectivity index (χ2n) is 16.4. The maximum absolute atomic E-state index is 12.3. The molecule has 52 heavy (non-hydrogen) atoms. The van der Waals surface area contributed by atoms with Crippen molar-refractivity contribution < 1.29 is 14.3 Å². The van der Waals surface area contributed by atoms with Gasteiger partial charge in [0.2, 0.25) is 0 Å². The Bertz CT molecular complexity index is 1080. The Morgan fingerprint density at radius 3 is 2.06 bits per heavy atom. The fourth-order valence-electron chi connectivity index (χ4n) is 8.51. The molecule has 0 spiro atoms. The molecule has 3 aliphatic carbocycles. The first-order valence-electron chi connectivity index (χ1n) is 22.1. The Balaban J connectivity index is 1.20. The van der Waals surface area contributed by atoms with E-state index in [-0.39, 0.29) is 5.97 Å². The second-order valence-corrected chi connectivity index (χ2v) is 17.3. The zero-order valence-electron chi connectivity index (χ0n) is 33.9. The summed E-state index contributed by atoms with van der Waals surface area (Å²) in [4.78, 5) is 19.2. The Labute approximate surface area is 324 Å². The SMILES string of the molecule is C=C(CCCCCCCN(CC#Cc1nccs1)CCCCCCCC(=O)OCCC12CCC(CC1)CC2)OCCC(CCCCC)CCCCC. The maximum atomic E-state index is 12.3. The zero-order chi connectivity index (χ0) is 37.0. The van der Waals surface area contributed by atoms with Crippen LogP contribution in [0, 0.1) is 29.1 Å². The first-order valence-corrected chi connectivity index (χ1v) is 23.0. The highest BCUT2D eigenvalue weighted by Gasteiger charge is 2.40. The van der Waals surface area contributed by atoms with Crippen LogP contribution in [0.1, 0.15) is 199 Å². The topological polar surface area (TPSA) is 51.7 Å². The minimum Gasteiger partial charge on any atom is -0.499 e. The Morgan fingerprint density at radius 1 is 0.827 bits per heavy atom. The molecule has 1 aromatic rings. The highest BCUT2D eigenvalue weighted by atomic mass is 32.1. The van der Waals surface area contributed by atoms with Crippen LogP contribution in [0.2, 0.25) is 0 Å². The summed E-state index contributed by atoms with van der Waals surface area (Å²) in [5, 5.41) is 2.90. The van der Waals surface area contributed by atoms with Crippen molar-refractivity contribution in [1.82, 2.24) is 9.88 Å². The predicted molar refractivity (Wildman–Crippen MR) is 222 cm³/mol. The summed E-state index contributed by atoms with van der Waals surface area (Å²) in [7, 11) is 0. The van der Waals surface area contributed by atoms with E-state index in [9.17, 15) is 4.79 Å². The van der Waals surface area contributed by atoms with Gasteiger partial charge in [-0.25, -0.2) is 4.98 Å². The van der Waals surface area contributed by atoms with Crippen molar-refractivity contribution in [3.63, 3.8) is 0 Å². The lowest BCUT2D eigenvalue weighted by Crippen LogP contribution is -2.35. The average Bonchev–Trinajstić information content (AvgIpc) is 3.68. The molecule has 3 aliphatic rings. The fraction of sp³-hybridized carbons (Fsp3) is 0.826. The summed E-state index contributed by atoms with van der Waals surface area (Å²) in [6.45, 7) is 13.3. The first kappa shape index (κ1) is 44.6. The van der Waals surface area contributed by atoms with Crippen LogP contribution in [0.4, 0.5) is 0 Å². The minimum atomic E-state index is 0.0128. The number of unbranched alkanes of at least 4 members (excludes halogenated alkanes) is 12. The molecule has 4 rings (SSSR count). The number of rotatable bonds is 32. The van der Waals surface area contributed by atoms with Crippen molar-refractivity contribution in [1.29, 1.82) is 0 Å². The smallest absolute Gasteiger partial charge is 0.305 e. The fourth-order valence-corrected chi connectivity index (χ4v) is 9.02. The summed E-state index contributed by atoms with van der Waals surface area (Å²) in [6.07, 6.45) is 36.6. The van der Waals surface area contributed by atoms with E-state index in [0.717, 1.165) is 74.5 Å². The van der Waals surface area contributed by atoms with Gasteiger partial charge in [-0.3, -0.25) is 9.69 Å². The van der Waals surface area contributed by atoms with E-state index >= 15 is 0 Å². The van der Waals surface area contributed by atoms with Crippen LogP contribution >= 0.6 is 11.3 Å². The van der Waals surface area contributed by atoms with Crippen molar-refractivity contribution in [3.05, 3.63) is 28.9 Å². The van der Waals surface area contributed by atoms with E-state index in [0.29, 0.717) is 18.4 Å². The number of thiazole rings is 1. The van der Waals surface area contributed by atoms with E-state index in [2.05, 4.69) is 42.2 Å². The van der Waals surface area contributed by atoms with Crippen LogP contribution in [0.5, 0.6) is 0 Å². The molecule has 0 radical (unpaired) electrons. The molecule has 1 aromatic heterocycles. The number of nitrogens with zero attached hydrogens (tertiary/aromatic N) is 2. The summed E-state index contributed by atoms with van der Waals surface area (Å²) in [5.41, 5.74) is 0.491. The second kappa shape index (κ2) is 28.6. The molecular formula is C46H78N2O3S. The summed E-state index contributed by atoms with van der Waals surface area (Å²) in [6, 6.07) is 0. The third-order valence-electron chi connectivity index (χ3n) is 12.1. The lowest BCUT2D eigenvalue weighted by Gasteiger charge is -2.46. The van der Waals surface area contributed by atoms with Crippen molar-refractivity contribution in [2.24, 2.45) is 17.3 Å². The Kier molecular flexibility index (Phi) is 24.5. The molecule has 2 bridgehead atoms. The van der Waals surface area contributed by atoms with Crippen LogP contribution < -0.4 is 0 Å². The van der Waals surface area contributed by atoms with E-state index in [1.165, 1.54) is 148 Å². The molecule has 6 heteroatoms. The van der Waals surface area contributed by atoms with Crippen LogP contribution in [0.15, 0.2) is 23.9 Å². The number of hydrogen-bond donors (Lipinski definition) is 0. The molecule has 3 saturated carbocycles. The number of carbonyl (C=O) groups excluding carboxylic acids is 1. The quantitative estimate of drug-likeness (QED) is 0.0319. The molecule has 0 amide bonds. The first-order chi connectivity index (χ1) is 25.5. The maximum Gasteiger partial charge on any atom is 0.305 e. The van der Waals surface area contributed by atoms with Gasteiger partial charge in [0.05, 0.1) is 25.5 Å². The van der Waals surface area contributed by atoms with Gasteiger partial charge in [0.1, 0.15) is 0 Å². The Hall–Kier alpha value is -1.84. The van der Waals surface area contributed by atoms with Gasteiger partial charge < -0.3 is 9.47 Å². The van der Waals surface area contributed by atoms with Crippen LogP contribution in [-0.4, -0.2) is 48.7 Å². The summed E-state index contributed by atoms with van der Waals surface area (Å²) in [5.74, 6) is 9.43. The molecule has 0 aromatic carbocycles. The van der Waals surface area contributed by atoms with Crippen LogP contribution in [0.25, 0.3) is 0 Å². The third kappa shape index (κ3) is 20.6. The van der Waals surface area contributed by atoms with Gasteiger partial charge in [-0.2, -0.15) is 0 Å². The highest BCUT2D eigenvalue weighted by molar-refractivity contribution is 7.10. The number of fused-ring (bicyclic) bond motifs is 3. The molecule has 0 aliphatic heterocycles. The number of esters is 1. The number of allylic oxidation sites excluding steroid dienone is 1. The molecule has 296 valence electrons. The lowest BCUT2D eigenvalue weighted by atomic mass is 9.59. The van der Waals surface area contributed by atoms with Gasteiger partial charge in [-0.15, -0.1) is 11.3 Å². The van der Waals surface area contributed by atoms with Gasteiger partial charge in [0, 0.05) is 24.4 Å². The standard InChI is InChI=1S/C46H78N2O3S/c1-4-6-14-22-42(23-15-7-5-2)29-38-50-41(3)21-16-10-8-12-18-35-48(37-20-24-44-47-34-40-52-44)36-19-13-9-11-17-25-45(49)51-39-33-46-30-26-43(27-31-46)28-32-46/h34,40,42-43H,3-19,21-23,25-33,35-39H2,1-2H3. The van der Waals surface area contributed by atoms with Gasteiger partial charge in [0.25, 0.3) is 0 Å². The molecule has 5 nitrogen and oxygen atoms in total. The van der Waals surface area contributed by atoms with E-state index in [1.807, 2.05) is 11.6 Å². The number of carbonyl (C=O) groups is 1. The number of hydrogen-bond acceptors (Lipinski definition) is 6. The molecule has 0 N–H and O–H groups in total. The van der Waals surface area contributed by atoms with Crippen molar-refractivity contribution in [2.75, 3.05) is 32.8 Å². The van der Waals surface area contributed by atoms with Gasteiger partial charge in [-0.1, -0.05) is 116 Å². The van der Waals surface area contributed by atoms with E-state index < -0.39 is 0 Å². The Morgan fingerprint density at radius 2 is 1.44 bits per heavy atom. The van der Waals surface area contributed by atoms with Crippen molar-refractivity contribution in [3.8, 4) is 11.8 Å². The largest absolute Gasteiger partial charge is 0.499 e. The molecule has 0 atom stereocenters. The van der Waals surface area contributed by atoms with E-state index in [1.54, 1.807) is 11.3 Å². The predicted octanol–water partition coefficient (Wildman–Crippen LogP) is 13.1. The van der Waals surface area contributed by atoms with E-state index in [4.69, 9.17) is 9.47 Å². The normalized spacial score (nSPS) is 18.1. The van der Waals surface area contributed by atoms with Crippen LogP contribution in [-0.2, 0) is 14.3 Å². The summed E-state index contributed by atoms with van der Waals surface area (Å²) < 4.78 is 11.8. The highest BCUT2D eigenvalue weighted by Crippen LogP contribution is 2.52. The summed E-state index contributed by atoms with van der Waals surface area (Å²) >= 11 is 1.61. The number of aromatic nitrogens is 1. The van der Waals surface area contributed by atoms with Gasteiger partial charge >= 0.3 is 5.97 Å².